The van der Waals surface area contributed by atoms with E-state index in [1.165, 1.54) is 23.9 Å². The van der Waals surface area contributed by atoms with Gasteiger partial charge in [0.25, 0.3) is 15.9 Å². The molecule has 0 saturated heterocycles. The Balaban J connectivity index is 1.96. The number of hydrogen-bond donors (Lipinski definition) is 2. The smallest absolute Gasteiger partial charge is 0.265 e. The molecule has 0 bridgehead atoms. The van der Waals surface area contributed by atoms with Crippen molar-refractivity contribution in [3.8, 4) is 11.5 Å². The van der Waals surface area contributed by atoms with Crippen molar-refractivity contribution in [2.45, 2.75) is 11.8 Å². The van der Waals surface area contributed by atoms with Crippen LogP contribution in [0.15, 0.2) is 41.6 Å². The Kier molecular flexibility index (Phi) is 4.38. The number of amides is 1. The van der Waals surface area contributed by atoms with Gasteiger partial charge in [0.2, 0.25) is 5.95 Å². The Morgan fingerprint density at radius 1 is 1.23 bits per heavy atom. The quantitative estimate of drug-likeness (QED) is 0.661. The number of nitrogens with two attached hydrogens (primary N) is 1. The summed E-state index contributed by atoms with van der Waals surface area (Å²) in [6.45, 7) is 1.61. The van der Waals surface area contributed by atoms with E-state index in [1.54, 1.807) is 31.3 Å². The summed E-state index contributed by atoms with van der Waals surface area (Å²) in [5.74, 6) is -0.323. The fraction of sp³-hybridized carbons (Fsp3) is 0.133. The van der Waals surface area contributed by atoms with Crippen LogP contribution in [0, 0.1) is 6.92 Å². The lowest BCUT2D eigenvalue weighted by atomic mass is 10.3. The van der Waals surface area contributed by atoms with Gasteiger partial charge in [0.15, 0.2) is 5.82 Å². The van der Waals surface area contributed by atoms with E-state index in [1.807, 2.05) is 0 Å². The van der Waals surface area contributed by atoms with Crippen LogP contribution in [0.1, 0.15) is 16.3 Å². The van der Waals surface area contributed by atoms with E-state index in [2.05, 4.69) is 24.7 Å². The third-order valence-electron chi connectivity index (χ3n) is 3.41. The minimum Gasteiger partial charge on any atom is -0.364 e. The van der Waals surface area contributed by atoms with Gasteiger partial charge < -0.3 is 10.3 Å². The van der Waals surface area contributed by atoms with Crippen LogP contribution in [0.5, 0.6) is 0 Å². The Morgan fingerprint density at radius 3 is 2.62 bits per heavy atom. The summed E-state index contributed by atoms with van der Waals surface area (Å²) >= 11 is 0. The summed E-state index contributed by atoms with van der Waals surface area (Å²) in [4.78, 5) is 27.6. The second-order valence-electron chi connectivity index (χ2n) is 5.39. The Hall–Kier alpha value is -3.34. The molecule has 0 saturated carbocycles. The molecule has 3 N–H and O–H groups in total. The average Bonchev–Trinajstić information content (AvgIpc) is 2.98. The highest BCUT2D eigenvalue weighted by Gasteiger charge is 2.21. The predicted molar refractivity (Wildman–Crippen MR) is 92.5 cm³/mol. The van der Waals surface area contributed by atoms with Crippen LogP contribution < -0.4 is 10.5 Å². The second-order valence-corrected chi connectivity index (χ2v) is 7.07. The Bertz CT molecular complexity index is 1080. The van der Waals surface area contributed by atoms with E-state index in [4.69, 9.17) is 5.73 Å². The number of nitrogens with one attached hydrogen (secondary N) is 1. The molecular weight excluding hydrogens is 358 g/mol. The molecule has 0 aliphatic rings. The van der Waals surface area contributed by atoms with Crippen molar-refractivity contribution < 1.29 is 13.2 Å². The maximum atomic E-state index is 12.6. The van der Waals surface area contributed by atoms with Gasteiger partial charge in [-0.05, 0) is 25.1 Å². The lowest BCUT2D eigenvalue weighted by Crippen LogP contribution is -2.16. The molecule has 11 heteroatoms. The first kappa shape index (κ1) is 17.5. The third-order valence-corrected chi connectivity index (χ3v) is 4.70. The molecule has 26 heavy (non-hydrogen) atoms. The lowest BCUT2D eigenvalue weighted by molar-refractivity contribution is 0.0992. The fourth-order valence-corrected chi connectivity index (χ4v) is 3.26. The molecule has 0 spiro atoms. The minimum atomic E-state index is -4.02. The van der Waals surface area contributed by atoms with Crippen molar-refractivity contribution in [1.82, 2.24) is 24.5 Å². The normalized spacial score (nSPS) is 11.3. The Morgan fingerprint density at radius 2 is 2.00 bits per heavy atom. The SMILES string of the molecule is Cc1nc(NS(=O)(=O)c2cc(C(N)=O)n(C)c2)nc(-c2ccccn2)n1. The van der Waals surface area contributed by atoms with Crippen LogP contribution in [0.4, 0.5) is 5.95 Å². The standard InChI is InChI=1S/C15H15N7O3S/c1-9-18-14(11-5-3-4-6-17-11)20-15(19-9)21-26(24,25)10-7-12(13(16)23)22(2)8-10/h3-8H,1-2H3,(H2,16,23)(H,18,19,20,21). The summed E-state index contributed by atoms with van der Waals surface area (Å²) in [6, 6.07) is 6.38. The molecule has 134 valence electrons. The minimum absolute atomic E-state index is 0.0615. The van der Waals surface area contributed by atoms with Gasteiger partial charge in [0, 0.05) is 19.4 Å². The number of anilines is 1. The molecule has 3 aromatic rings. The van der Waals surface area contributed by atoms with Crippen molar-refractivity contribution in [2.75, 3.05) is 4.72 Å². The van der Waals surface area contributed by atoms with Gasteiger partial charge in [0.1, 0.15) is 22.1 Å². The summed E-state index contributed by atoms with van der Waals surface area (Å²) in [6.07, 6.45) is 2.85. The zero-order chi connectivity index (χ0) is 18.9. The van der Waals surface area contributed by atoms with Crippen LogP contribution in [-0.4, -0.2) is 38.8 Å². The van der Waals surface area contributed by atoms with E-state index < -0.39 is 15.9 Å². The first-order valence-corrected chi connectivity index (χ1v) is 8.87. The number of nitrogens with zero attached hydrogens (tertiary/aromatic N) is 5. The highest BCUT2D eigenvalue weighted by Crippen LogP contribution is 2.18. The zero-order valence-electron chi connectivity index (χ0n) is 13.9. The fourth-order valence-electron chi connectivity index (χ4n) is 2.24. The highest BCUT2D eigenvalue weighted by molar-refractivity contribution is 7.92. The van der Waals surface area contributed by atoms with E-state index in [0.717, 1.165) is 0 Å². The zero-order valence-corrected chi connectivity index (χ0v) is 14.7. The summed E-state index contributed by atoms with van der Waals surface area (Å²) in [7, 11) is -2.50. The summed E-state index contributed by atoms with van der Waals surface area (Å²) in [5.41, 5.74) is 5.76. The van der Waals surface area contributed by atoms with Gasteiger partial charge >= 0.3 is 0 Å². The first-order chi connectivity index (χ1) is 12.3. The number of primary amides is 1. The number of hydrogen-bond acceptors (Lipinski definition) is 7. The third kappa shape index (κ3) is 3.52. The van der Waals surface area contributed by atoms with Crippen molar-refractivity contribution >= 4 is 21.9 Å². The van der Waals surface area contributed by atoms with Crippen LogP contribution in [0.25, 0.3) is 11.5 Å². The monoisotopic (exact) mass is 373 g/mol. The molecule has 0 aliphatic heterocycles. The van der Waals surface area contributed by atoms with Crippen LogP contribution >= 0.6 is 0 Å². The molecule has 0 radical (unpaired) electrons. The number of aryl methyl sites for hydroxylation is 2. The van der Waals surface area contributed by atoms with Crippen molar-refractivity contribution in [2.24, 2.45) is 12.8 Å². The number of rotatable bonds is 5. The van der Waals surface area contributed by atoms with E-state index in [9.17, 15) is 13.2 Å². The maximum Gasteiger partial charge on any atom is 0.265 e. The molecule has 10 nitrogen and oxygen atoms in total. The largest absolute Gasteiger partial charge is 0.364 e. The van der Waals surface area contributed by atoms with Gasteiger partial charge in [0.05, 0.1) is 0 Å². The topological polar surface area (TPSA) is 146 Å². The highest BCUT2D eigenvalue weighted by atomic mass is 32.2. The molecule has 0 fully saturated rings. The van der Waals surface area contributed by atoms with Crippen LogP contribution in [-0.2, 0) is 17.1 Å². The second kappa shape index (κ2) is 6.52. The molecule has 0 atom stereocenters. The van der Waals surface area contributed by atoms with E-state index >= 15 is 0 Å². The van der Waals surface area contributed by atoms with Crippen LogP contribution in [0.2, 0.25) is 0 Å². The molecule has 0 unspecified atom stereocenters. The number of aromatic nitrogens is 5. The first-order valence-electron chi connectivity index (χ1n) is 7.39. The number of carbonyl (C=O) groups is 1. The number of pyridine rings is 1. The number of carbonyl (C=O) groups excluding carboxylic acids is 1. The molecule has 3 aromatic heterocycles. The number of sulfonamides is 1. The van der Waals surface area contributed by atoms with Crippen molar-refractivity contribution in [1.29, 1.82) is 0 Å². The van der Waals surface area contributed by atoms with Crippen molar-refractivity contribution in [3.63, 3.8) is 0 Å². The molecule has 0 aliphatic carbocycles. The molecule has 3 heterocycles. The van der Waals surface area contributed by atoms with Gasteiger partial charge in [-0.25, -0.2) is 18.1 Å². The molecule has 0 aromatic carbocycles. The average molecular weight is 373 g/mol. The molecule has 3 rings (SSSR count). The molecule has 1 amide bonds. The maximum absolute atomic E-state index is 12.6. The lowest BCUT2D eigenvalue weighted by Gasteiger charge is -2.07. The van der Waals surface area contributed by atoms with Crippen LogP contribution in [0.3, 0.4) is 0 Å². The van der Waals surface area contributed by atoms with Gasteiger partial charge in [-0.15, -0.1) is 0 Å². The predicted octanol–water partition coefficient (Wildman–Crippen LogP) is 0.480. The van der Waals surface area contributed by atoms with Gasteiger partial charge in [-0.2, -0.15) is 9.97 Å². The van der Waals surface area contributed by atoms with E-state index in [-0.39, 0.29) is 22.4 Å². The Labute approximate surface area is 149 Å². The van der Waals surface area contributed by atoms with E-state index in [0.29, 0.717) is 11.5 Å². The van der Waals surface area contributed by atoms with Gasteiger partial charge in [-0.3, -0.25) is 9.78 Å². The van der Waals surface area contributed by atoms with Crippen molar-refractivity contribution in [3.05, 3.63) is 48.2 Å². The summed E-state index contributed by atoms with van der Waals surface area (Å²) < 4.78 is 28.7. The molecular formula is C15H15N7O3S. The van der Waals surface area contributed by atoms with Gasteiger partial charge in [-0.1, -0.05) is 6.07 Å². The summed E-state index contributed by atoms with van der Waals surface area (Å²) in [5, 5.41) is 0.